The van der Waals surface area contributed by atoms with E-state index in [0.29, 0.717) is 9.21 Å². The van der Waals surface area contributed by atoms with Crippen LogP contribution >= 0.6 is 22.9 Å². The topological polar surface area (TPSA) is 20.3 Å². The minimum Gasteiger partial charge on any atom is -0.330 e. The van der Waals surface area contributed by atoms with Gasteiger partial charge in [-0.3, -0.25) is 4.79 Å². The van der Waals surface area contributed by atoms with E-state index in [1.54, 1.807) is 12.1 Å². The van der Waals surface area contributed by atoms with E-state index in [0.717, 1.165) is 16.2 Å². The summed E-state index contributed by atoms with van der Waals surface area (Å²) in [4.78, 5) is 12.3. The zero-order chi connectivity index (χ0) is 12.3. The fourth-order valence-corrected chi connectivity index (χ4v) is 2.23. The molecule has 1 aromatic heterocycles. The van der Waals surface area contributed by atoms with Gasteiger partial charge >= 0.3 is 12.1 Å². The lowest BCUT2D eigenvalue weighted by molar-refractivity contribution is -0.185. The maximum atomic E-state index is 12.2. The summed E-state index contributed by atoms with van der Waals surface area (Å²) in [7, 11) is 0. The molecule has 1 rings (SSSR count). The molecule has 1 aromatic rings. The van der Waals surface area contributed by atoms with E-state index in [1.165, 1.54) is 6.92 Å². The van der Waals surface area contributed by atoms with Crippen molar-refractivity contribution in [2.75, 3.05) is 6.54 Å². The van der Waals surface area contributed by atoms with Crippen molar-refractivity contribution in [2.24, 2.45) is 0 Å². The molecule has 0 aliphatic rings. The van der Waals surface area contributed by atoms with Gasteiger partial charge in [-0.05, 0) is 19.1 Å². The Hall–Kier alpha value is -0.750. The molecule has 0 N–H and O–H groups in total. The van der Waals surface area contributed by atoms with E-state index < -0.39 is 12.1 Å². The molecule has 16 heavy (non-hydrogen) atoms. The van der Waals surface area contributed by atoms with Crippen molar-refractivity contribution in [3.63, 3.8) is 0 Å². The van der Waals surface area contributed by atoms with Gasteiger partial charge in [0, 0.05) is 11.4 Å². The van der Waals surface area contributed by atoms with E-state index in [4.69, 9.17) is 11.6 Å². The highest BCUT2D eigenvalue weighted by molar-refractivity contribution is 7.16. The van der Waals surface area contributed by atoms with E-state index >= 15 is 0 Å². The molecule has 2 nitrogen and oxygen atoms in total. The van der Waals surface area contributed by atoms with Gasteiger partial charge in [0.25, 0.3) is 0 Å². The molecular formula is C9H9ClF3NOS. The van der Waals surface area contributed by atoms with Gasteiger partial charge < -0.3 is 4.90 Å². The number of carbonyl (C=O) groups is 1. The number of halogens is 4. The van der Waals surface area contributed by atoms with Gasteiger partial charge in [0.05, 0.1) is 10.9 Å². The Balaban J connectivity index is 2.73. The monoisotopic (exact) mass is 271 g/mol. The summed E-state index contributed by atoms with van der Waals surface area (Å²) in [6, 6.07) is 3.20. The molecule has 1 heterocycles. The molecule has 0 aliphatic carbocycles. The first-order valence-corrected chi connectivity index (χ1v) is 5.64. The summed E-state index contributed by atoms with van der Waals surface area (Å²) < 4.78 is 37.0. The van der Waals surface area contributed by atoms with Crippen LogP contribution in [0.4, 0.5) is 13.2 Å². The average molecular weight is 272 g/mol. The van der Waals surface area contributed by atoms with Crippen molar-refractivity contribution in [3.05, 3.63) is 21.3 Å². The lowest BCUT2D eigenvalue weighted by Crippen LogP contribution is -2.40. The predicted octanol–water partition coefficient (Wildman–Crippen LogP) is 3.31. The fraction of sp³-hybridized carbons (Fsp3) is 0.444. The van der Waals surface area contributed by atoms with E-state index in [1.807, 2.05) is 0 Å². The first-order chi connectivity index (χ1) is 7.34. The number of hydrogen-bond acceptors (Lipinski definition) is 2. The van der Waals surface area contributed by atoms with Gasteiger partial charge in [-0.2, -0.15) is 13.2 Å². The van der Waals surface area contributed by atoms with Crippen molar-refractivity contribution in [3.8, 4) is 0 Å². The van der Waals surface area contributed by atoms with Crippen molar-refractivity contribution in [2.45, 2.75) is 19.6 Å². The molecule has 0 atom stereocenters. The summed E-state index contributed by atoms with van der Waals surface area (Å²) in [5, 5.41) is 0. The van der Waals surface area contributed by atoms with E-state index in [9.17, 15) is 18.0 Å². The minimum atomic E-state index is -4.82. The number of hydrogen-bond donors (Lipinski definition) is 0. The van der Waals surface area contributed by atoms with Gasteiger partial charge in [-0.15, -0.1) is 11.3 Å². The Labute approximate surface area is 99.6 Å². The molecule has 0 fully saturated rings. The van der Waals surface area contributed by atoms with Gasteiger partial charge in [-0.1, -0.05) is 11.6 Å². The zero-order valence-electron chi connectivity index (χ0n) is 8.34. The van der Waals surface area contributed by atoms with Crippen LogP contribution < -0.4 is 0 Å². The van der Waals surface area contributed by atoms with Gasteiger partial charge in [0.2, 0.25) is 0 Å². The van der Waals surface area contributed by atoms with Crippen LogP contribution in [0.3, 0.4) is 0 Å². The summed E-state index contributed by atoms with van der Waals surface area (Å²) in [5.41, 5.74) is 0. The van der Waals surface area contributed by atoms with Gasteiger partial charge in [-0.25, -0.2) is 0 Å². The molecule has 0 radical (unpaired) electrons. The molecule has 0 aromatic carbocycles. The first kappa shape index (κ1) is 13.3. The van der Waals surface area contributed by atoms with Crippen LogP contribution in [0.25, 0.3) is 0 Å². The number of nitrogens with zero attached hydrogens (tertiary/aromatic N) is 1. The molecule has 1 amide bonds. The molecule has 0 aliphatic heterocycles. The minimum absolute atomic E-state index is 0.00780. The first-order valence-electron chi connectivity index (χ1n) is 4.45. The number of rotatable bonds is 3. The molecular weight excluding hydrogens is 263 g/mol. The van der Waals surface area contributed by atoms with Crippen molar-refractivity contribution >= 4 is 28.8 Å². The molecule has 90 valence electrons. The van der Waals surface area contributed by atoms with Crippen LogP contribution in [-0.4, -0.2) is 23.5 Å². The Morgan fingerprint density at radius 2 is 2.12 bits per heavy atom. The normalized spacial score (nSPS) is 11.6. The summed E-state index contributed by atoms with van der Waals surface area (Å²) in [6.07, 6.45) is -4.82. The van der Waals surface area contributed by atoms with Crippen LogP contribution in [0.2, 0.25) is 4.34 Å². The second kappa shape index (κ2) is 5.05. The average Bonchev–Trinajstić information content (AvgIpc) is 2.58. The highest BCUT2D eigenvalue weighted by atomic mass is 35.5. The third-order valence-electron chi connectivity index (χ3n) is 1.89. The van der Waals surface area contributed by atoms with Crippen LogP contribution in [0.1, 0.15) is 11.8 Å². The largest absolute Gasteiger partial charge is 0.471 e. The van der Waals surface area contributed by atoms with Crippen molar-refractivity contribution in [1.82, 2.24) is 4.90 Å². The Bertz CT molecular complexity index is 377. The van der Waals surface area contributed by atoms with E-state index in [2.05, 4.69) is 0 Å². The van der Waals surface area contributed by atoms with Gasteiger partial charge in [0.15, 0.2) is 0 Å². The van der Waals surface area contributed by atoms with Crippen LogP contribution in [0, 0.1) is 0 Å². The lowest BCUT2D eigenvalue weighted by atomic mass is 10.4. The Kier molecular flexibility index (Phi) is 4.21. The summed E-state index contributed by atoms with van der Waals surface area (Å²) in [6.45, 7) is 1.44. The van der Waals surface area contributed by atoms with Crippen LogP contribution in [0.15, 0.2) is 12.1 Å². The standard InChI is InChI=1S/C9H9ClF3NOS/c1-2-14(8(15)9(11,12)13)5-6-3-4-7(10)16-6/h3-4H,2,5H2,1H3. The molecule has 0 bridgehead atoms. The highest BCUT2D eigenvalue weighted by Gasteiger charge is 2.41. The van der Waals surface area contributed by atoms with E-state index in [-0.39, 0.29) is 13.1 Å². The molecule has 0 unspecified atom stereocenters. The molecule has 7 heteroatoms. The fourth-order valence-electron chi connectivity index (χ4n) is 1.13. The molecule has 0 saturated carbocycles. The quantitative estimate of drug-likeness (QED) is 0.826. The van der Waals surface area contributed by atoms with Crippen LogP contribution in [-0.2, 0) is 11.3 Å². The highest BCUT2D eigenvalue weighted by Crippen LogP contribution is 2.25. The SMILES string of the molecule is CCN(Cc1ccc(Cl)s1)C(=O)C(F)(F)F. The maximum absolute atomic E-state index is 12.2. The number of amides is 1. The second-order valence-electron chi connectivity index (χ2n) is 3.02. The molecule has 0 saturated heterocycles. The number of alkyl halides is 3. The Morgan fingerprint density at radius 1 is 1.50 bits per heavy atom. The zero-order valence-corrected chi connectivity index (χ0v) is 9.92. The van der Waals surface area contributed by atoms with Crippen molar-refractivity contribution in [1.29, 1.82) is 0 Å². The Morgan fingerprint density at radius 3 is 2.50 bits per heavy atom. The van der Waals surface area contributed by atoms with Crippen molar-refractivity contribution < 1.29 is 18.0 Å². The van der Waals surface area contributed by atoms with Gasteiger partial charge in [0.1, 0.15) is 0 Å². The summed E-state index contributed by atoms with van der Waals surface area (Å²) in [5.74, 6) is -1.82. The third-order valence-corrected chi connectivity index (χ3v) is 3.10. The predicted molar refractivity (Wildman–Crippen MR) is 56.5 cm³/mol. The lowest BCUT2D eigenvalue weighted by Gasteiger charge is -2.21. The molecule has 0 spiro atoms. The number of thiophene rings is 1. The van der Waals surface area contributed by atoms with Crippen LogP contribution in [0.5, 0.6) is 0 Å². The second-order valence-corrected chi connectivity index (χ2v) is 4.82. The smallest absolute Gasteiger partial charge is 0.330 e. The third kappa shape index (κ3) is 3.38. The maximum Gasteiger partial charge on any atom is 0.471 e. The number of carbonyl (C=O) groups excluding carboxylic acids is 1. The summed E-state index contributed by atoms with van der Waals surface area (Å²) >= 11 is 6.81.